The minimum Gasteiger partial charge on any atom is -0.454 e. The molecule has 1 fully saturated rings. The minimum atomic E-state index is -1.04. The van der Waals surface area contributed by atoms with Crippen LogP contribution in [0.5, 0.6) is 11.5 Å². The number of nitrogens with one attached hydrogen (secondary N) is 2. The first-order valence-corrected chi connectivity index (χ1v) is 8.23. The molecule has 0 unspecified atom stereocenters. The van der Waals surface area contributed by atoms with Crippen molar-refractivity contribution < 1.29 is 19.1 Å². The summed E-state index contributed by atoms with van der Waals surface area (Å²) >= 11 is 5.92. The molecule has 2 aliphatic rings. The largest absolute Gasteiger partial charge is 0.454 e. The lowest BCUT2D eigenvalue weighted by Gasteiger charge is -2.16. The number of hydrogen-bond acceptors (Lipinski definition) is 4. The van der Waals surface area contributed by atoms with Crippen LogP contribution in [-0.2, 0) is 9.59 Å². The van der Waals surface area contributed by atoms with E-state index in [0.717, 1.165) is 0 Å². The molecule has 2 N–H and O–H groups in total. The maximum absolute atomic E-state index is 12.6. The van der Waals surface area contributed by atoms with Crippen LogP contribution in [0.4, 0.5) is 11.4 Å². The molecule has 6 nitrogen and oxygen atoms in total. The van der Waals surface area contributed by atoms with Crippen molar-refractivity contribution in [2.45, 2.75) is 12.8 Å². The van der Waals surface area contributed by atoms with Gasteiger partial charge in [-0.2, -0.15) is 0 Å². The summed E-state index contributed by atoms with van der Waals surface area (Å²) in [5.74, 6) is 0.558. The van der Waals surface area contributed by atoms with Crippen molar-refractivity contribution in [3.05, 3.63) is 47.5 Å². The predicted molar refractivity (Wildman–Crippen MR) is 92.9 cm³/mol. The number of fused-ring (bicyclic) bond motifs is 1. The van der Waals surface area contributed by atoms with Gasteiger partial charge >= 0.3 is 0 Å². The predicted octanol–water partition coefficient (Wildman–Crippen LogP) is 3.43. The number of benzene rings is 2. The molecule has 7 heteroatoms. The van der Waals surface area contributed by atoms with E-state index in [2.05, 4.69) is 10.6 Å². The van der Waals surface area contributed by atoms with Crippen LogP contribution in [0.3, 0.4) is 0 Å². The van der Waals surface area contributed by atoms with Gasteiger partial charge in [-0.15, -0.1) is 0 Å². The van der Waals surface area contributed by atoms with Crippen molar-refractivity contribution in [2.75, 3.05) is 17.4 Å². The van der Waals surface area contributed by atoms with Gasteiger partial charge in [0.25, 0.3) is 0 Å². The Hall–Kier alpha value is -2.73. The van der Waals surface area contributed by atoms with Crippen LogP contribution in [0.1, 0.15) is 12.8 Å². The molecule has 25 heavy (non-hydrogen) atoms. The highest BCUT2D eigenvalue weighted by molar-refractivity contribution is 6.31. The lowest BCUT2D eigenvalue weighted by molar-refractivity contribution is -0.131. The summed E-state index contributed by atoms with van der Waals surface area (Å²) in [6, 6.07) is 12.0. The number of rotatable bonds is 4. The Balaban J connectivity index is 1.46. The maximum Gasteiger partial charge on any atom is 0.240 e. The molecule has 0 spiro atoms. The van der Waals surface area contributed by atoms with Crippen molar-refractivity contribution in [1.82, 2.24) is 0 Å². The molecule has 1 heterocycles. The molecule has 2 amide bonds. The van der Waals surface area contributed by atoms with Crippen LogP contribution in [0.25, 0.3) is 0 Å². The summed E-state index contributed by atoms with van der Waals surface area (Å²) in [4.78, 5) is 25.2. The van der Waals surface area contributed by atoms with Gasteiger partial charge in [-0.3, -0.25) is 9.59 Å². The van der Waals surface area contributed by atoms with Gasteiger partial charge in [0, 0.05) is 22.5 Å². The van der Waals surface area contributed by atoms with Crippen LogP contribution >= 0.6 is 11.6 Å². The SMILES string of the molecule is O=C(Nc1cccc(Cl)c1)C1(C(=O)Nc2ccc3c(c2)OCO3)CC1. The number of hydrogen-bond donors (Lipinski definition) is 2. The third-order valence-corrected chi connectivity index (χ3v) is 4.57. The standard InChI is InChI=1S/C18H15ClN2O4/c19-11-2-1-3-12(8-11)20-16(22)18(6-7-18)17(23)21-13-4-5-14-15(9-13)25-10-24-14/h1-5,8-9H,6-7,10H2,(H,20,22)(H,21,23). The van der Waals surface area contributed by atoms with E-state index in [1.807, 2.05) is 0 Å². The topological polar surface area (TPSA) is 76.7 Å². The normalized spacial score (nSPS) is 16.2. The molecule has 2 aromatic rings. The van der Waals surface area contributed by atoms with Crippen molar-refractivity contribution in [3.8, 4) is 11.5 Å². The molecule has 1 aliphatic heterocycles. The Morgan fingerprint density at radius 2 is 1.60 bits per heavy atom. The summed E-state index contributed by atoms with van der Waals surface area (Å²) in [5.41, 5.74) is 0.0920. The fourth-order valence-electron chi connectivity index (χ4n) is 2.72. The molecule has 1 saturated carbocycles. The Morgan fingerprint density at radius 3 is 2.28 bits per heavy atom. The highest BCUT2D eigenvalue weighted by Gasteiger charge is 2.56. The molecule has 0 atom stereocenters. The summed E-state index contributed by atoms with van der Waals surface area (Å²) in [6.45, 7) is 0.165. The molecule has 4 rings (SSSR count). The highest BCUT2D eigenvalue weighted by atomic mass is 35.5. The van der Waals surface area contributed by atoms with Gasteiger partial charge in [0.1, 0.15) is 5.41 Å². The fourth-order valence-corrected chi connectivity index (χ4v) is 2.91. The third kappa shape index (κ3) is 3.00. The smallest absolute Gasteiger partial charge is 0.240 e. The lowest BCUT2D eigenvalue weighted by atomic mass is 10.0. The number of anilines is 2. The van der Waals surface area contributed by atoms with E-state index in [9.17, 15) is 9.59 Å². The Bertz CT molecular complexity index is 864. The van der Waals surface area contributed by atoms with Crippen LogP contribution in [0.15, 0.2) is 42.5 Å². The molecule has 0 bridgehead atoms. The van der Waals surface area contributed by atoms with Crippen LogP contribution in [-0.4, -0.2) is 18.6 Å². The van der Waals surface area contributed by atoms with E-state index in [0.29, 0.717) is 40.7 Å². The summed E-state index contributed by atoms with van der Waals surface area (Å²) in [5, 5.41) is 6.08. The second-order valence-corrected chi connectivity index (χ2v) is 6.51. The van der Waals surface area contributed by atoms with Gasteiger partial charge < -0.3 is 20.1 Å². The first kappa shape index (κ1) is 15.8. The van der Waals surface area contributed by atoms with Crippen molar-refractivity contribution in [2.24, 2.45) is 5.41 Å². The molecule has 0 saturated heterocycles. The van der Waals surface area contributed by atoms with Crippen LogP contribution < -0.4 is 20.1 Å². The minimum absolute atomic E-state index is 0.165. The monoisotopic (exact) mass is 358 g/mol. The van der Waals surface area contributed by atoms with E-state index in [1.54, 1.807) is 42.5 Å². The van der Waals surface area contributed by atoms with E-state index in [4.69, 9.17) is 21.1 Å². The van der Waals surface area contributed by atoms with Gasteiger partial charge in [0.15, 0.2) is 11.5 Å². The van der Waals surface area contributed by atoms with Crippen molar-refractivity contribution >= 4 is 34.8 Å². The lowest BCUT2D eigenvalue weighted by Crippen LogP contribution is -2.35. The van der Waals surface area contributed by atoms with Gasteiger partial charge in [-0.1, -0.05) is 17.7 Å². The average Bonchev–Trinajstić information content (AvgIpc) is 3.28. The third-order valence-electron chi connectivity index (χ3n) is 4.33. The summed E-state index contributed by atoms with van der Waals surface area (Å²) < 4.78 is 10.5. The van der Waals surface area contributed by atoms with Crippen LogP contribution in [0, 0.1) is 5.41 Å². The van der Waals surface area contributed by atoms with E-state index in [-0.39, 0.29) is 18.6 Å². The quantitative estimate of drug-likeness (QED) is 0.821. The maximum atomic E-state index is 12.6. The second-order valence-electron chi connectivity index (χ2n) is 6.07. The number of ether oxygens (including phenoxy) is 2. The first-order valence-electron chi connectivity index (χ1n) is 7.85. The molecule has 2 aromatic carbocycles. The Kier molecular flexibility index (Phi) is 3.77. The molecule has 1 aliphatic carbocycles. The van der Waals surface area contributed by atoms with E-state index >= 15 is 0 Å². The number of halogens is 1. The zero-order valence-electron chi connectivity index (χ0n) is 13.2. The van der Waals surface area contributed by atoms with Gasteiger partial charge in [-0.25, -0.2) is 0 Å². The fraction of sp³-hybridized carbons (Fsp3) is 0.222. The molecular formula is C18H15ClN2O4. The van der Waals surface area contributed by atoms with E-state index in [1.165, 1.54) is 0 Å². The average molecular weight is 359 g/mol. The molecule has 0 aromatic heterocycles. The van der Waals surface area contributed by atoms with E-state index < -0.39 is 5.41 Å². The molecule has 128 valence electrons. The van der Waals surface area contributed by atoms with Gasteiger partial charge in [-0.05, 0) is 43.2 Å². The number of carbonyl (C=O) groups excluding carboxylic acids is 2. The first-order chi connectivity index (χ1) is 12.1. The number of amides is 2. The number of carbonyl (C=O) groups is 2. The Labute approximate surface area is 149 Å². The highest BCUT2D eigenvalue weighted by Crippen LogP contribution is 2.48. The zero-order valence-corrected chi connectivity index (χ0v) is 13.9. The molecule has 0 radical (unpaired) electrons. The van der Waals surface area contributed by atoms with Crippen molar-refractivity contribution in [3.63, 3.8) is 0 Å². The summed E-state index contributed by atoms with van der Waals surface area (Å²) in [7, 11) is 0. The summed E-state index contributed by atoms with van der Waals surface area (Å²) in [6.07, 6.45) is 1.02. The zero-order chi connectivity index (χ0) is 17.4. The molecular weight excluding hydrogens is 344 g/mol. The van der Waals surface area contributed by atoms with Crippen molar-refractivity contribution in [1.29, 1.82) is 0 Å². The van der Waals surface area contributed by atoms with Crippen LogP contribution in [0.2, 0.25) is 5.02 Å². The Morgan fingerprint density at radius 1 is 0.920 bits per heavy atom. The van der Waals surface area contributed by atoms with Gasteiger partial charge in [0.2, 0.25) is 18.6 Å². The van der Waals surface area contributed by atoms with Gasteiger partial charge in [0.05, 0.1) is 0 Å². The second kappa shape index (κ2) is 5.97.